The van der Waals surface area contributed by atoms with Crippen LogP contribution in [-0.2, 0) is 0 Å². The van der Waals surface area contributed by atoms with E-state index in [2.05, 4.69) is 20.5 Å². The van der Waals surface area contributed by atoms with E-state index in [-0.39, 0.29) is 11.5 Å². The molecule has 3 aromatic rings. The molecule has 0 atom stereocenters. The summed E-state index contributed by atoms with van der Waals surface area (Å²) in [7, 11) is 1.59. The van der Waals surface area contributed by atoms with Crippen molar-refractivity contribution in [2.45, 2.75) is 0 Å². The second kappa shape index (κ2) is 5.76. The van der Waals surface area contributed by atoms with Crippen LogP contribution in [0.15, 0.2) is 46.6 Å². The molecule has 0 aliphatic carbocycles. The molecule has 6 nitrogen and oxygen atoms in total. The number of hydrogen-bond acceptors (Lipinski definition) is 6. The molecule has 0 saturated carbocycles. The van der Waals surface area contributed by atoms with Crippen LogP contribution in [0, 0.1) is 0 Å². The van der Waals surface area contributed by atoms with Crippen molar-refractivity contribution in [2.24, 2.45) is 0 Å². The molecule has 0 spiro atoms. The number of H-pyrrole nitrogens is 1. The van der Waals surface area contributed by atoms with Crippen LogP contribution in [0.5, 0.6) is 5.75 Å². The number of aromatic amines is 1. The van der Waals surface area contributed by atoms with Crippen molar-refractivity contribution < 1.29 is 4.74 Å². The number of nitrogens with one attached hydrogen (secondary N) is 2. The molecule has 0 unspecified atom stereocenters. The lowest BCUT2D eigenvalue weighted by molar-refractivity contribution is 0.415. The smallest absolute Gasteiger partial charge is 0.280 e. The van der Waals surface area contributed by atoms with Crippen LogP contribution in [0.1, 0.15) is 0 Å². The van der Waals surface area contributed by atoms with Gasteiger partial charge in [0.25, 0.3) is 5.56 Å². The van der Waals surface area contributed by atoms with Crippen LogP contribution in [-0.4, -0.2) is 22.3 Å². The zero-order valence-corrected chi connectivity index (χ0v) is 12.0. The third-order valence-electron chi connectivity index (χ3n) is 2.78. The van der Waals surface area contributed by atoms with Gasteiger partial charge in [0.1, 0.15) is 5.75 Å². The minimum absolute atomic E-state index is 0.280. The lowest BCUT2D eigenvalue weighted by Gasteiger charge is -2.06. The Morgan fingerprint density at radius 3 is 2.86 bits per heavy atom. The topological polar surface area (TPSA) is 79.9 Å². The molecule has 0 aliphatic heterocycles. The van der Waals surface area contributed by atoms with E-state index >= 15 is 0 Å². The number of thiophene rings is 1. The summed E-state index contributed by atoms with van der Waals surface area (Å²) in [5.41, 5.74) is 0.794. The number of aromatic nitrogens is 3. The summed E-state index contributed by atoms with van der Waals surface area (Å²) in [4.78, 5) is 15.5. The summed E-state index contributed by atoms with van der Waals surface area (Å²) in [5.74, 6) is 0.999. The van der Waals surface area contributed by atoms with Crippen LogP contribution in [0.2, 0.25) is 0 Å². The third-order valence-corrected chi connectivity index (χ3v) is 3.66. The summed E-state index contributed by atoms with van der Waals surface area (Å²) in [6.45, 7) is 0. The summed E-state index contributed by atoms with van der Waals surface area (Å²) in [6, 6.07) is 11.0. The average molecular weight is 300 g/mol. The molecular formula is C14H12N4O2S. The van der Waals surface area contributed by atoms with Gasteiger partial charge in [-0.3, -0.25) is 9.78 Å². The van der Waals surface area contributed by atoms with Gasteiger partial charge < -0.3 is 10.1 Å². The minimum atomic E-state index is -0.280. The maximum absolute atomic E-state index is 12.0. The van der Waals surface area contributed by atoms with E-state index < -0.39 is 0 Å². The van der Waals surface area contributed by atoms with E-state index in [9.17, 15) is 4.79 Å². The second-order valence-electron chi connectivity index (χ2n) is 4.19. The van der Waals surface area contributed by atoms with Crippen molar-refractivity contribution in [1.82, 2.24) is 15.2 Å². The molecule has 106 valence electrons. The van der Waals surface area contributed by atoms with Gasteiger partial charge >= 0.3 is 0 Å². The van der Waals surface area contributed by atoms with Crippen LogP contribution >= 0.6 is 11.3 Å². The Kier molecular flexibility index (Phi) is 3.65. The van der Waals surface area contributed by atoms with Gasteiger partial charge in [-0.1, -0.05) is 12.1 Å². The van der Waals surface area contributed by atoms with E-state index in [1.165, 1.54) is 11.3 Å². The first-order valence-corrected chi connectivity index (χ1v) is 7.06. The van der Waals surface area contributed by atoms with E-state index in [4.69, 9.17) is 4.74 Å². The van der Waals surface area contributed by atoms with Crippen LogP contribution < -0.4 is 15.6 Å². The zero-order valence-electron chi connectivity index (χ0n) is 11.2. The Bertz CT molecular complexity index is 799. The first-order valence-electron chi connectivity index (χ1n) is 6.18. The number of benzene rings is 1. The molecule has 3 rings (SSSR count). The van der Waals surface area contributed by atoms with Crippen molar-refractivity contribution in [2.75, 3.05) is 12.4 Å². The second-order valence-corrected chi connectivity index (χ2v) is 5.13. The number of anilines is 2. The lowest BCUT2D eigenvalue weighted by atomic mass is 10.3. The lowest BCUT2D eigenvalue weighted by Crippen LogP contribution is -2.15. The molecule has 0 fully saturated rings. The van der Waals surface area contributed by atoms with Gasteiger partial charge in [-0.15, -0.1) is 21.5 Å². The van der Waals surface area contributed by atoms with Gasteiger partial charge in [0.15, 0.2) is 5.69 Å². The zero-order chi connectivity index (χ0) is 14.7. The molecule has 0 saturated heterocycles. The normalized spacial score (nSPS) is 10.3. The molecule has 2 N–H and O–H groups in total. The molecule has 1 aromatic carbocycles. The van der Waals surface area contributed by atoms with Gasteiger partial charge in [-0.05, 0) is 23.6 Å². The van der Waals surface area contributed by atoms with E-state index in [1.807, 2.05) is 35.7 Å². The highest BCUT2D eigenvalue weighted by molar-refractivity contribution is 7.13. The number of ether oxygens (including phenoxy) is 1. The number of nitrogens with zero attached hydrogens (tertiary/aromatic N) is 2. The first-order chi connectivity index (χ1) is 10.3. The van der Waals surface area contributed by atoms with E-state index in [0.717, 1.165) is 10.6 Å². The molecule has 21 heavy (non-hydrogen) atoms. The SMILES string of the molecule is COc1cccc(Nc2nnc(-c3cccs3)c(=O)[nH]2)c1. The Morgan fingerprint density at radius 1 is 1.24 bits per heavy atom. The summed E-state index contributed by atoms with van der Waals surface area (Å²) < 4.78 is 5.14. The molecule has 0 radical (unpaired) electrons. The molecule has 0 amide bonds. The van der Waals surface area contributed by atoms with Gasteiger partial charge in [-0.2, -0.15) is 0 Å². The van der Waals surface area contributed by atoms with Crippen molar-refractivity contribution >= 4 is 23.0 Å². The Labute approximate surface area is 124 Å². The molecule has 7 heteroatoms. The summed E-state index contributed by atoms with van der Waals surface area (Å²) in [5, 5.41) is 12.9. The fourth-order valence-electron chi connectivity index (χ4n) is 1.81. The van der Waals surface area contributed by atoms with E-state index in [1.54, 1.807) is 13.2 Å². The van der Waals surface area contributed by atoms with Gasteiger partial charge in [0, 0.05) is 11.8 Å². The number of hydrogen-bond donors (Lipinski definition) is 2. The monoisotopic (exact) mass is 300 g/mol. The van der Waals surface area contributed by atoms with Gasteiger partial charge in [0.2, 0.25) is 5.95 Å². The largest absolute Gasteiger partial charge is 0.497 e. The highest BCUT2D eigenvalue weighted by Crippen LogP contribution is 2.20. The fraction of sp³-hybridized carbons (Fsp3) is 0.0714. The standard InChI is InChI=1S/C14H12N4O2S/c1-20-10-5-2-4-9(8-10)15-14-16-13(19)12(17-18-14)11-6-3-7-21-11/h2-8H,1H3,(H2,15,16,18,19). The molecular weight excluding hydrogens is 288 g/mol. The maximum atomic E-state index is 12.0. The number of methoxy groups -OCH3 is 1. The van der Waals surface area contributed by atoms with Crippen LogP contribution in [0.25, 0.3) is 10.6 Å². The highest BCUT2D eigenvalue weighted by Gasteiger charge is 2.08. The number of rotatable bonds is 4. The highest BCUT2D eigenvalue weighted by atomic mass is 32.1. The quantitative estimate of drug-likeness (QED) is 0.774. The van der Waals surface area contributed by atoms with Crippen molar-refractivity contribution in [3.63, 3.8) is 0 Å². The van der Waals surface area contributed by atoms with Crippen LogP contribution in [0.4, 0.5) is 11.6 Å². The van der Waals surface area contributed by atoms with Crippen molar-refractivity contribution in [1.29, 1.82) is 0 Å². The van der Waals surface area contributed by atoms with Gasteiger partial charge in [-0.25, -0.2) is 0 Å². The summed E-state index contributed by atoms with van der Waals surface area (Å²) in [6.07, 6.45) is 0. The first kappa shape index (κ1) is 13.3. The van der Waals surface area contributed by atoms with Crippen molar-refractivity contribution in [3.05, 3.63) is 52.1 Å². The maximum Gasteiger partial charge on any atom is 0.280 e. The minimum Gasteiger partial charge on any atom is -0.497 e. The predicted molar refractivity (Wildman–Crippen MR) is 82.2 cm³/mol. The molecule has 0 aliphatic rings. The Morgan fingerprint density at radius 2 is 2.14 bits per heavy atom. The Hall–Kier alpha value is -2.67. The summed E-state index contributed by atoms with van der Waals surface area (Å²) >= 11 is 1.45. The van der Waals surface area contributed by atoms with Crippen LogP contribution in [0.3, 0.4) is 0 Å². The molecule has 2 heterocycles. The molecule has 2 aromatic heterocycles. The van der Waals surface area contributed by atoms with Crippen molar-refractivity contribution in [3.8, 4) is 16.3 Å². The third kappa shape index (κ3) is 2.92. The molecule has 0 bridgehead atoms. The van der Waals surface area contributed by atoms with Gasteiger partial charge in [0.05, 0.1) is 12.0 Å². The fourth-order valence-corrected chi connectivity index (χ4v) is 2.51. The predicted octanol–water partition coefficient (Wildman–Crippen LogP) is 2.65. The van der Waals surface area contributed by atoms with E-state index in [0.29, 0.717) is 11.4 Å². The average Bonchev–Trinajstić information content (AvgIpc) is 3.01. The Balaban J connectivity index is 1.87.